The molecule has 2 aromatic rings. The van der Waals surface area contributed by atoms with Crippen molar-refractivity contribution in [3.05, 3.63) is 64.1 Å². The van der Waals surface area contributed by atoms with Gasteiger partial charge in [-0.3, -0.25) is 4.79 Å². The van der Waals surface area contributed by atoms with E-state index in [9.17, 15) is 22.0 Å². The lowest BCUT2D eigenvalue weighted by atomic mass is 10.1. The van der Waals surface area contributed by atoms with Crippen LogP contribution in [0.15, 0.2) is 57.9 Å². The van der Waals surface area contributed by atoms with Gasteiger partial charge >= 0.3 is 5.76 Å². The molecule has 1 atom stereocenters. The van der Waals surface area contributed by atoms with E-state index in [1.54, 1.807) is 4.90 Å². The van der Waals surface area contributed by atoms with E-state index in [0.717, 1.165) is 22.2 Å². The number of rotatable bonds is 4. The Morgan fingerprint density at radius 1 is 1.11 bits per heavy atom. The molecular weight excluding hydrogens is 444 g/mol. The monoisotopic (exact) mass is 459 g/mol. The lowest BCUT2D eigenvalue weighted by molar-refractivity contribution is -0.0228. The fourth-order valence-electron chi connectivity index (χ4n) is 2.79. The zero-order chi connectivity index (χ0) is 19.6. The van der Waals surface area contributed by atoms with Gasteiger partial charge in [-0.05, 0) is 42.0 Å². The van der Waals surface area contributed by atoms with Crippen molar-refractivity contribution in [1.29, 1.82) is 0 Å². The Morgan fingerprint density at radius 2 is 1.74 bits per heavy atom. The number of halogens is 3. The first kappa shape index (κ1) is 19.9. The molecule has 1 unspecified atom stereocenters. The lowest BCUT2D eigenvalue weighted by Gasteiger charge is -2.33. The first-order chi connectivity index (χ1) is 12.8. The molecule has 5 nitrogen and oxygen atoms in total. The van der Waals surface area contributed by atoms with E-state index < -0.39 is 20.5 Å². The number of hydrogen-bond donors (Lipinski definition) is 0. The zero-order valence-electron chi connectivity index (χ0n) is 14.0. The second-order valence-corrected chi connectivity index (χ2v) is 8.83. The average molecular weight is 460 g/mol. The highest BCUT2D eigenvalue weighted by Gasteiger charge is 2.28. The second-order valence-electron chi connectivity index (χ2n) is 5.99. The smallest absolute Gasteiger partial charge is 0.341 e. The van der Waals surface area contributed by atoms with Crippen molar-refractivity contribution in [3.63, 3.8) is 0 Å². The van der Waals surface area contributed by atoms with Crippen molar-refractivity contribution in [2.24, 2.45) is 0 Å². The van der Waals surface area contributed by atoms with Crippen LogP contribution in [0.2, 0.25) is 0 Å². The number of nitrogens with zero attached hydrogens (tertiary/aromatic N) is 1. The molecule has 1 heterocycles. The van der Waals surface area contributed by atoms with Gasteiger partial charge < -0.3 is 9.64 Å². The molecule has 2 aromatic carbocycles. The molecule has 9 heteroatoms. The standard InChI is InChI=1S/C18H16BrF2NO4S/c19-14-5-1-12(2-6-14)16-11-22(9-10-26-16)17(23)13-3-7-15(8-4-13)27(24,25)18(20)21/h1-8,16,18H,9-11H2. The molecule has 0 aliphatic carbocycles. The zero-order valence-corrected chi connectivity index (χ0v) is 16.4. The van der Waals surface area contributed by atoms with Gasteiger partial charge in [-0.15, -0.1) is 0 Å². The number of carbonyl (C=O) groups excluding carboxylic acids is 1. The molecular formula is C18H16BrF2NO4S. The minimum atomic E-state index is -4.67. The predicted octanol–water partition coefficient (Wildman–Crippen LogP) is 3.66. The predicted molar refractivity (Wildman–Crippen MR) is 98.4 cm³/mol. The van der Waals surface area contributed by atoms with Crippen LogP contribution in [-0.4, -0.2) is 44.7 Å². The first-order valence-electron chi connectivity index (χ1n) is 8.07. The Hall–Kier alpha value is -1.84. The third kappa shape index (κ3) is 4.36. The molecule has 1 amide bonds. The number of hydrogen-bond acceptors (Lipinski definition) is 4. The Labute approximate surface area is 164 Å². The fourth-order valence-corrected chi connectivity index (χ4v) is 3.77. The maximum atomic E-state index is 12.7. The van der Waals surface area contributed by atoms with Gasteiger partial charge in [-0.25, -0.2) is 8.42 Å². The number of ether oxygens (including phenoxy) is 1. The summed E-state index contributed by atoms with van der Waals surface area (Å²) in [5.41, 5.74) is 1.17. The van der Waals surface area contributed by atoms with Gasteiger partial charge in [0, 0.05) is 16.6 Å². The van der Waals surface area contributed by atoms with E-state index in [4.69, 9.17) is 4.74 Å². The maximum absolute atomic E-state index is 12.7. The maximum Gasteiger partial charge on any atom is 0.341 e. The molecule has 0 aromatic heterocycles. The van der Waals surface area contributed by atoms with Gasteiger partial charge in [0.25, 0.3) is 5.91 Å². The molecule has 1 saturated heterocycles. The highest BCUT2D eigenvalue weighted by molar-refractivity contribution is 9.10. The molecule has 0 radical (unpaired) electrons. The molecule has 1 aliphatic rings. The number of sulfone groups is 1. The van der Waals surface area contributed by atoms with Crippen LogP contribution in [0.1, 0.15) is 22.0 Å². The lowest BCUT2D eigenvalue weighted by Crippen LogP contribution is -2.42. The van der Waals surface area contributed by atoms with Gasteiger partial charge in [-0.1, -0.05) is 28.1 Å². The van der Waals surface area contributed by atoms with Crippen molar-refractivity contribution in [2.45, 2.75) is 16.8 Å². The van der Waals surface area contributed by atoms with Crippen LogP contribution >= 0.6 is 15.9 Å². The van der Waals surface area contributed by atoms with Crippen LogP contribution in [0.25, 0.3) is 0 Å². The summed E-state index contributed by atoms with van der Waals surface area (Å²) in [7, 11) is -4.67. The van der Waals surface area contributed by atoms with Gasteiger partial charge in [0.05, 0.1) is 18.0 Å². The third-order valence-corrected chi connectivity index (χ3v) is 6.19. The number of amides is 1. The Bertz CT molecular complexity index is 917. The number of carbonyl (C=O) groups is 1. The summed E-state index contributed by atoms with van der Waals surface area (Å²) in [6.45, 7) is 1.10. The van der Waals surface area contributed by atoms with Gasteiger partial charge in [0.15, 0.2) is 0 Å². The van der Waals surface area contributed by atoms with E-state index in [1.807, 2.05) is 24.3 Å². The first-order valence-corrected chi connectivity index (χ1v) is 10.4. The molecule has 3 rings (SSSR count). The summed E-state index contributed by atoms with van der Waals surface area (Å²) >= 11 is 3.37. The average Bonchev–Trinajstić information content (AvgIpc) is 2.68. The third-order valence-electron chi connectivity index (χ3n) is 4.26. The Morgan fingerprint density at radius 3 is 2.33 bits per heavy atom. The minimum absolute atomic E-state index is 0.236. The van der Waals surface area contributed by atoms with Gasteiger partial charge in [0.2, 0.25) is 9.84 Å². The van der Waals surface area contributed by atoms with Crippen LogP contribution in [0.3, 0.4) is 0 Å². The molecule has 1 aliphatic heterocycles. The minimum Gasteiger partial charge on any atom is -0.370 e. The quantitative estimate of drug-likeness (QED) is 0.699. The SMILES string of the molecule is O=C(c1ccc(S(=O)(=O)C(F)F)cc1)N1CCOC(c2ccc(Br)cc2)C1. The van der Waals surface area contributed by atoms with Crippen molar-refractivity contribution in [2.75, 3.05) is 19.7 Å². The summed E-state index contributed by atoms with van der Waals surface area (Å²) in [6, 6.07) is 12.2. The normalized spacial score (nSPS) is 17.9. The summed E-state index contributed by atoms with van der Waals surface area (Å²) in [5.74, 6) is -3.80. The van der Waals surface area contributed by atoms with Crippen molar-refractivity contribution in [1.82, 2.24) is 4.90 Å². The molecule has 0 spiro atoms. The topological polar surface area (TPSA) is 63.7 Å². The largest absolute Gasteiger partial charge is 0.370 e. The number of alkyl halides is 2. The highest BCUT2D eigenvalue weighted by atomic mass is 79.9. The van der Waals surface area contributed by atoms with E-state index in [2.05, 4.69) is 15.9 Å². The van der Waals surface area contributed by atoms with Crippen molar-refractivity contribution in [3.8, 4) is 0 Å². The van der Waals surface area contributed by atoms with Gasteiger partial charge in [-0.2, -0.15) is 8.78 Å². The van der Waals surface area contributed by atoms with E-state index in [-0.39, 0.29) is 17.6 Å². The van der Waals surface area contributed by atoms with Crippen LogP contribution in [-0.2, 0) is 14.6 Å². The number of morpholine rings is 1. The van der Waals surface area contributed by atoms with E-state index in [0.29, 0.717) is 19.7 Å². The summed E-state index contributed by atoms with van der Waals surface area (Å²) in [5, 5.41) is 0. The summed E-state index contributed by atoms with van der Waals surface area (Å²) < 4.78 is 54.8. The van der Waals surface area contributed by atoms with Crippen LogP contribution < -0.4 is 0 Å². The number of benzene rings is 2. The Balaban J connectivity index is 1.74. The van der Waals surface area contributed by atoms with Crippen molar-refractivity contribution >= 4 is 31.7 Å². The second kappa shape index (κ2) is 8.04. The van der Waals surface area contributed by atoms with E-state index >= 15 is 0 Å². The van der Waals surface area contributed by atoms with Gasteiger partial charge in [0.1, 0.15) is 6.10 Å². The molecule has 0 bridgehead atoms. The molecule has 144 valence electrons. The van der Waals surface area contributed by atoms with Crippen molar-refractivity contribution < 1.29 is 26.7 Å². The van der Waals surface area contributed by atoms with Crippen LogP contribution in [0, 0.1) is 0 Å². The molecule has 0 saturated carbocycles. The van der Waals surface area contributed by atoms with E-state index in [1.165, 1.54) is 12.1 Å². The molecule has 27 heavy (non-hydrogen) atoms. The molecule has 0 N–H and O–H groups in total. The highest BCUT2D eigenvalue weighted by Crippen LogP contribution is 2.25. The van der Waals surface area contributed by atoms with Crippen LogP contribution in [0.5, 0.6) is 0 Å². The summed E-state index contributed by atoms with van der Waals surface area (Å²) in [6.07, 6.45) is -0.269. The summed E-state index contributed by atoms with van der Waals surface area (Å²) in [4.78, 5) is 13.8. The Kier molecular flexibility index (Phi) is 5.92. The molecule has 1 fully saturated rings. The fraction of sp³-hybridized carbons (Fsp3) is 0.278. The van der Waals surface area contributed by atoms with Crippen LogP contribution in [0.4, 0.5) is 8.78 Å².